The Labute approximate surface area is 166 Å². The molecule has 2 aromatic heterocycles. The number of para-hydroxylation sites is 1. The number of benzene rings is 2. The van der Waals surface area contributed by atoms with Crippen molar-refractivity contribution in [1.29, 1.82) is 0 Å². The first-order chi connectivity index (χ1) is 13.6. The number of pyridine rings is 1. The molecule has 0 bridgehead atoms. The Morgan fingerprint density at radius 2 is 1.89 bits per heavy atom. The monoisotopic (exact) mass is 392 g/mol. The largest absolute Gasteiger partial charge is 0.484 e. The Morgan fingerprint density at radius 3 is 2.64 bits per heavy atom. The summed E-state index contributed by atoms with van der Waals surface area (Å²) in [7, 11) is 0. The van der Waals surface area contributed by atoms with Crippen LogP contribution in [0.25, 0.3) is 16.7 Å². The first kappa shape index (κ1) is 18.0. The molecule has 0 atom stereocenters. The van der Waals surface area contributed by atoms with Crippen molar-refractivity contribution >= 4 is 34.2 Å². The van der Waals surface area contributed by atoms with Gasteiger partial charge in [-0.05, 0) is 49.4 Å². The number of aryl methyl sites for hydroxylation is 1. The van der Waals surface area contributed by atoms with Gasteiger partial charge in [0.15, 0.2) is 12.3 Å². The highest BCUT2D eigenvalue weighted by Gasteiger charge is 2.12. The van der Waals surface area contributed by atoms with Gasteiger partial charge >= 0.3 is 0 Å². The lowest BCUT2D eigenvalue weighted by Crippen LogP contribution is -2.20. The van der Waals surface area contributed by atoms with Gasteiger partial charge in [-0.25, -0.2) is 9.67 Å². The quantitative estimate of drug-likeness (QED) is 0.546. The predicted octanol–water partition coefficient (Wildman–Crippen LogP) is 4.40. The van der Waals surface area contributed by atoms with Crippen molar-refractivity contribution in [3.8, 4) is 11.4 Å². The lowest BCUT2D eigenvalue weighted by Gasteiger charge is -2.08. The van der Waals surface area contributed by atoms with Crippen molar-refractivity contribution < 1.29 is 9.53 Å². The average molecular weight is 393 g/mol. The summed E-state index contributed by atoms with van der Waals surface area (Å²) < 4.78 is 7.25. The number of fused-ring (bicyclic) bond motifs is 1. The molecular formula is C21H17ClN4O2. The lowest BCUT2D eigenvalue weighted by atomic mass is 10.2. The highest BCUT2D eigenvalue weighted by Crippen LogP contribution is 2.23. The van der Waals surface area contributed by atoms with E-state index in [1.54, 1.807) is 35.1 Å². The number of aromatic nitrogens is 3. The Kier molecular flexibility index (Phi) is 4.95. The van der Waals surface area contributed by atoms with Crippen LogP contribution in [-0.2, 0) is 4.79 Å². The Hall–Kier alpha value is -3.38. The standard InChI is InChI=1S/C21H17ClN4O2/c1-14-19-11-16(24-20(27)13-28-18-9-7-15(22)8-10-18)12-23-21(19)26(25-14)17-5-3-2-4-6-17/h2-12H,13H2,1H3,(H,24,27). The smallest absolute Gasteiger partial charge is 0.262 e. The zero-order chi connectivity index (χ0) is 19.5. The number of hydrogen-bond donors (Lipinski definition) is 1. The summed E-state index contributed by atoms with van der Waals surface area (Å²) in [6.07, 6.45) is 1.61. The summed E-state index contributed by atoms with van der Waals surface area (Å²) >= 11 is 5.83. The van der Waals surface area contributed by atoms with E-state index in [-0.39, 0.29) is 12.5 Å². The Morgan fingerprint density at radius 1 is 1.14 bits per heavy atom. The van der Waals surface area contributed by atoms with E-state index >= 15 is 0 Å². The summed E-state index contributed by atoms with van der Waals surface area (Å²) in [5, 5.41) is 8.86. The molecular weight excluding hydrogens is 376 g/mol. The minimum Gasteiger partial charge on any atom is -0.484 e. The number of nitrogens with one attached hydrogen (secondary N) is 1. The predicted molar refractivity (Wildman–Crippen MR) is 109 cm³/mol. The topological polar surface area (TPSA) is 69.0 Å². The van der Waals surface area contributed by atoms with Gasteiger partial charge in [0.2, 0.25) is 0 Å². The molecule has 140 valence electrons. The molecule has 7 heteroatoms. The number of nitrogens with zero attached hydrogens (tertiary/aromatic N) is 3. The SMILES string of the molecule is Cc1nn(-c2ccccc2)c2ncc(NC(=O)COc3ccc(Cl)cc3)cc12. The number of carbonyl (C=O) groups is 1. The van der Waals surface area contributed by atoms with Crippen LogP contribution in [0.2, 0.25) is 5.02 Å². The third kappa shape index (κ3) is 3.82. The molecule has 28 heavy (non-hydrogen) atoms. The van der Waals surface area contributed by atoms with E-state index in [4.69, 9.17) is 16.3 Å². The van der Waals surface area contributed by atoms with Crippen LogP contribution >= 0.6 is 11.6 Å². The molecule has 0 fully saturated rings. The van der Waals surface area contributed by atoms with E-state index in [1.807, 2.05) is 43.3 Å². The first-order valence-corrected chi connectivity index (χ1v) is 9.07. The maximum atomic E-state index is 12.2. The van der Waals surface area contributed by atoms with Crippen LogP contribution < -0.4 is 10.1 Å². The highest BCUT2D eigenvalue weighted by atomic mass is 35.5. The van der Waals surface area contributed by atoms with E-state index in [0.717, 1.165) is 22.4 Å². The summed E-state index contributed by atoms with van der Waals surface area (Å²) in [5.41, 5.74) is 3.09. The maximum Gasteiger partial charge on any atom is 0.262 e. The molecule has 0 aliphatic heterocycles. The number of amides is 1. The van der Waals surface area contributed by atoms with Crippen LogP contribution in [0, 0.1) is 6.92 Å². The number of halogens is 1. The molecule has 4 rings (SSSR count). The van der Waals surface area contributed by atoms with Crippen LogP contribution in [-0.4, -0.2) is 27.3 Å². The van der Waals surface area contributed by atoms with Crippen LogP contribution in [0.3, 0.4) is 0 Å². The van der Waals surface area contributed by atoms with Gasteiger partial charge in [0, 0.05) is 10.4 Å². The van der Waals surface area contributed by atoms with Gasteiger partial charge in [-0.1, -0.05) is 29.8 Å². The van der Waals surface area contributed by atoms with Gasteiger partial charge in [-0.15, -0.1) is 0 Å². The van der Waals surface area contributed by atoms with Crippen molar-refractivity contribution in [3.05, 3.63) is 77.6 Å². The summed E-state index contributed by atoms with van der Waals surface area (Å²) in [4.78, 5) is 16.7. The zero-order valence-electron chi connectivity index (χ0n) is 15.1. The second-order valence-electron chi connectivity index (χ2n) is 6.22. The van der Waals surface area contributed by atoms with E-state index in [1.165, 1.54) is 0 Å². The van der Waals surface area contributed by atoms with E-state index < -0.39 is 0 Å². The fraction of sp³-hybridized carbons (Fsp3) is 0.0952. The van der Waals surface area contributed by atoms with Gasteiger partial charge in [0.25, 0.3) is 5.91 Å². The number of ether oxygens (including phenoxy) is 1. The second-order valence-corrected chi connectivity index (χ2v) is 6.66. The van der Waals surface area contributed by atoms with Gasteiger partial charge in [0.05, 0.1) is 23.3 Å². The third-order valence-electron chi connectivity index (χ3n) is 4.18. The van der Waals surface area contributed by atoms with Crippen LogP contribution in [0.15, 0.2) is 66.9 Å². The molecule has 0 saturated heterocycles. The van der Waals surface area contributed by atoms with E-state index in [2.05, 4.69) is 15.4 Å². The number of carbonyl (C=O) groups excluding carboxylic acids is 1. The normalized spacial score (nSPS) is 10.8. The molecule has 4 aromatic rings. The maximum absolute atomic E-state index is 12.2. The minimum atomic E-state index is -0.274. The molecule has 6 nitrogen and oxygen atoms in total. The van der Waals surface area contributed by atoms with Gasteiger partial charge < -0.3 is 10.1 Å². The fourth-order valence-electron chi connectivity index (χ4n) is 2.84. The molecule has 1 N–H and O–H groups in total. The first-order valence-electron chi connectivity index (χ1n) is 8.69. The van der Waals surface area contributed by atoms with Gasteiger partial charge in [-0.2, -0.15) is 5.10 Å². The van der Waals surface area contributed by atoms with Crippen molar-refractivity contribution in [2.75, 3.05) is 11.9 Å². The highest BCUT2D eigenvalue weighted by molar-refractivity contribution is 6.30. The number of anilines is 1. The van der Waals surface area contributed by atoms with E-state index in [9.17, 15) is 4.79 Å². The number of rotatable bonds is 5. The van der Waals surface area contributed by atoms with Gasteiger partial charge in [0.1, 0.15) is 5.75 Å². The lowest BCUT2D eigenvalue weighted by molar-refractivity contribution is -0.118. The molecule has 1 amide bonds. The summed E-state index contributed by atoms with van der Waals surface area (Å²) in [6.45, 7) is 1.81. The zero-order valence-corrected chi connectivity index (χ0v) is 15.8. The molecule has 0 spiro atoms. The molecule has 2 heterocycles. The average Bonchev–Trinajstić information content (AvgIpc) is 3.04. The van der Waals surface area contributed by atoms with Crippen molar-refractivity contribution in [2.45, 2.75) is 6.92 Å². The van der Waals surface area contributed by atoms with Crippen LogP contribution in [0.5, 0.6) is 5.75 Å². The number of hydrogen-bond acceptors (Lipinski definition) is 4. The minimum absolute atomic E-state index is 0.109. The Bertz CT molecular complexity index is 1120. The molecule has 0 saturated carbocycles. The van der Waals surface area contributed by atoms with Crippen molar-refractivity contribution in [2.24, 2.45) is 0 Å². The summed E-state index contributed by atoms with van der Waals surface area (Å²) in [5.74, 6) is 0.303. The second kappa shape index (κ2) is 7.70. The van der Waals surface area contributed by atoms with E-state index in [0.29, 0.717) is 16.5 Å². The van der Waals surface area contributed by atoms with Crippen molar-refractivity contribution in [3.63, 3.8) is 0 Å². The molecule has 0 aliphatic rings. The molecule has 0 aliphatic carbocycles. The molecule has 0 unspecified atom stereocenters. The fourth-order valence-corrected chi connectivity index (χ4v) is 2.96. The summed E-state index contributed by atoms with van der Waals surface area (Å²) in [6, 6.07) is 18.5. The molecule has 2 aromatic carbocycles. The van der Waals surface area contributed by atoms with Crippen LogP contribution in [0.4, 0.5) is 5.69 Å². The Balaban J connectivity index is 1.49. The third-order valence-corrected chi connectivity index (χ3v) is 4.43. The van der Waals surface area contributed by atoms with Gasteiger partial charge in [-0.3, -0.25) is 4.79 Å². The van der Waals surface area contributed by atoms with Crippen molar-refractivity contribution in [1.82, 2.24) is 14.8 Å². The molecule has 0 radical (unpaired) electrons. The van der Waals surface area contributed by atoms with Crippen LogP contribution in [0.1, 0.15) is 5.69 Å².